The number of nitrogens with two attached hydrogens (primary N) is 1. The highest BCUT2D eigenvalue weighted by molar-refractivity contribution is 5.65. The lowest BCUT2D eigenvalue weighted by molar-refractivity contribution is 0.417. The topological polar surface area (TPSA) is 78.9 Å². The van der Waals surface area contributed by atoms with Gasteiger partial charge in [0.15, 0.2) is 5.82 Å². The molecular weight excluding hydrogens is 230 g/mol. The number of nitrogen functional groups attached to an aromatic ring is 1. The van der Waals surface area contributed by atoms with E-state index in [1.807, 2.05) is 22.9 Å². The molecule has 1 aromatic heterocycles. The van der Waals surface area contributed by atoms with Crippen LogP contribution in [0.15, 0.2) is 18.2 Å². The van der Waals surface area contributed by atoms with E-state index in [9.17, 15) is 0 Å². The van der Waals surface area contributed by atoms with Crippen LogP contribution in [-0.2, 0) is 0 Å². The van der Waals surface area contributed by atoms with E-state index in [0.717, 1.165) is 17.8 Å². The molecule has 18 heavy (non-hydrogen) atoms. The fourth-order valence-electron chi connectivity index (χ4n) is 2.10. The maximum atomic E-state index is 5.80. The van der Waals surface area contributed by atoms with Crippen LogP contribution in [0.5, 0.6) is 5.75 Å². The molecule has 6 heteroatoms. The second kappa shape index (κ2) is 3.97. The first kappa shape index (κ1) is 11.0. The van der Waals surface area contributed by atoms with Gasteiger partial charge in [0.2, 0.25) is 0 Å². The van der Waals surface area contributed by atoms with Gasteiger partial charge in [-0.05, 0) is 41.0 Å². The van der Waals surface area contributed by atoms with Crippen molar-refractivity contribution in [3.8, 4) is 17.1 Å². The minimum absolute atomic E-state index is 0.415. The standard InChI is InChI=1S/C12H15N5O/c1-7-5-10(7)17-12(14-15-16-17)8-3-4-9(13)11(6-8)18-2/h3-4,6-7,10H,5,13H2,1-2H3. The summed E-state index contributed by atoms with van der Waals surface area (Å²) in [6, 6.07) is 6.00. The van der Waals surface area contributed by atoms with E-state index in [-0.39, 0.29) is 0 Å². The van der Waals surface area contributed by atoms with E-state index in [1.54, 1.807) is 7.11 Å². The van der Waals surface area contributed by atoms with Crippen LogP contribution in [0.1, 0.15) is 19.4 Å². The molecule has 0 spiro atoms. The fraction of sp³-hybridized carbons (Fsp3) is 0.417. The Morgan fingerprint density at radius 2 is 2.22 bits per heavy atom. The van der Waals surface area contributed by atoms with Gasteiger partial charge < -0.3 is 10.5 Å². The Kier molecular flexibility index (Phi) is 2.43. The maximum absolute atomic E-state index is 5.80. The molecule has 3 rings (SSSR count). The van der Waals surface area contributed by atoms with Crippen LogP contribution in [0.4, 0.5) is 5.69 Å². The molecule has 0 saturated heterocycles. The van der Waals surface area contributed by atoms with E-state index in [0.29, 0.717) is 23.4 Å². The molecule has 1 aliphatic carbocycles. The van der Waals surface area contributed by atoms with Crippen LogP contribution in [-0.4, -0.2) is 27.3 Å². The van der Waals surface area contributed by atoms with Crippen LogP contribution in [0, 0.1) is 5.92 Å². The smallest absolute Gasteiger partial charge is 0.182 e. The van der Waals surface area contributed by atoms with Crippen molar-refractivity contribution in [3.05, 3.63) is 18.2 Å². The first-order chi connectivity index (χ1) is 8.70. The average molecular weight is 245 g/mol. The van der Waals surface area contributed by atoms with Crippen molar-refractivity contribution in [2.24, 2.45) is 5.92 Å². The Balaban J connectivity index is 2.02. The predicted molar refractivity (Wildman–Crippen MR) is 67.0 cm³/mol. The largest absolute Gasteiger partial charge is 0.495 e. The highest BCUT2D eigenvalue weighted by atomic mass is 16.5. The number of tetrazole rings is 1. The number of anilines is 1. The van der Waals surface area contributed by atoms with Crippen LogP contribution in [0.2, 0.25) is 0 Å². The van der Waals surface area contributed by atoms with Crippen molar-refractivity contribution in [1.29, 1.82) is 0 Å². The number of hydrogen-bond donors (Lipinski definition) is 1. The molecule has 1 aromatic carbocycles. The van der Waals surface area contributed by atoms with Gasteiger partial charge in [-0.15, -0.1) is 5.10 Å². The molecule has 2 N–H and O–H groups in total. The molecule has 0 radical (unpaired) electrons. The average Bonchev–Trinajstić information content (AvgIpc) is 2.92. The van der Waals surface area contributed by atoms with Gasteiger partial charge in [0.1, 0.15) is 5.75 Å². The number of hydrogen-bond acceptors (Lipinski definition) is 5. The maximum Gasteiger partial charge on any atom is 0.182 e. The molecule has 2 atom stereocenters. The SMILES string of the molecule is COc1cc(-c2nnnn2C2CC2C)ccc1N. The van der Waals surface area contributed by atoms with Crippen LogP contribution in [0.25, 0.3) is 11.4 Å². The number of ether oxygens (including phenoxy) is 1. The molecule has 6 nitrogen and oxygen atoms in total. The number of methoxy groups -OCH3 is 1. The Morgan fingerprint density at radius 1 is 1.44 bits per heavy atom. The predicted octanol–water partition coefficient (Wildman–Crippen LogP) is 1.51. The monoisotopic (exact) mass is 245 g/mol. The summed E-state index contributed by atoms with van der Waals surface area (Å²) in [6.45, 7) is 2.19. The number of aromatic nitrogens is 4. The van der Waals surface area contributed by atoms with E-state index >= 15 is 0 Å². The van der Waals surface area contributed by atoms with Crippen molar-refractivity contribution in [2.45, 2.75) is 19.4 Å². The van der Waals surface area contributed by atoms with Crippen molar-refractivity contribution in [1.82, 2.24) is 20.2 Å². The van der Waals surface area contributed by atoms with E-state index in [4.69, 9.17) is 10.5 Å². The molecule has 0 bridgehead atoms. The Morgan fingerprint density at radius 3 is 2.89 bits per heavy atom. The Hall–Kier alpha value is -2.11. The van der Waals surface area contributed by atoms with Crippen molar-refractivity contribution < 1.29 is 4.74 Å². The van der Waals surface area contributed by atoms with Gasteiger partial charge in [0.25, 0.3) is 0 Å². The van der Waals surface area contributed by atoms with Gasteiger partial charge >= 0.3 is 0 Å². The molecule has 1 heterocycles. The summed E-state index contributed by atoms with van der Waals surface area (Å²) in [6.07, 6.45) is 1.13. The van der Waals surface area contributed by atoms with Crippen molar-refractivity contribution >= 4 is 5.69 Å². The van der Waals surface area contributed by atoms with Crippen LogP contribution in [0.3, 0.4) is 0 Å². The summed E-state index contributed by atoms with van der Waals surface area (Å²) < 4.78 is 7.10. The van der Waals surface area contributed by atoms with Gasteiger partial charge in [0.05, 0.1) is 18.8 Å². The molecule has 1 aliphatic rings. The normalized spacial score (nSPS) is 21.9. The third-order valence-corrected chi connectivity index (χ3v) is 3.37. The highest BCUT2D eigenvalue weighted by Gasteiger charge is 2.37. The molecule has 2 aromatic rings. The molecule has 2 unspecified atom stereocenters. The van der Waals surface area contributed by atoms with Crippen molar-refractivity contribution in [2.75, 3.05) is 12.8 Å². The molecule has 94 valence electrons. The molecule has 0 amide bonds. The summed E-state index contributed by atoms with van der Waals surface area (Å²) in [4.78, 5) is 0. The quantitative estimate of drug-likeness (QED) is 0.829. The number of rotatable bonds is 3. The Labute approximate surface area is 105 Å². The minimum Gasteiger partial charge on any atom is -0.495 e. The van der Waals surface area contributed by atoms with Crippen LogP contribution >= 0.6 is 0 Å². The first-order valence-electron chi connectivity index (χ1n) is 5.92. The lowest BCUT2D eigenvalue weighted by Crippen LogP contribution is -2.02. The van der Waals surface area contributed by atoms with E-state index < -0.39 is 0 Å². The minimum atomic E-state index is 0.415. The summed E-state index contributed by atoms with van der Waals surface area (Å²) in [5.74, 6) is 2.05. The summed E-state index contributed by atoms with van der Waals surface area (Å²) in [5.41, 5.74) is 7.33. The first-order valence-corrected chi connectivity index (χ1v) is 5.92. The zero-order chi connectivity index (χ0) is 12.7. The van der Waals surface area contributed by atoms with Gasteiger partial charge in [-0.3, -0.25) is 0 Å². The van der Waals surface area contributed by atoms with Gasteiger partial charge in [-0.2, -0.15) is 0 Å². The van der Waals surface area contributed by atoms with Gasteiger partial charge in [0, 0.05) is 5.56 Å². The van der Waals surface area contributed by atoms with Gasteiger partial charge in [-0.25, -0.2) is 4.68 Å². The highest BCUT2D eigenvalue weighted by Crippen LogP contribution is 2.43. The van der Waals surface area contributed by atoms with E-state index in [1.165, 1.54) is 0 Å². The van der Waals surface area contributed by atoms with E-state index in [2.05, 4.69) is 22.4 Å². The zero-order valence-corrected chi connectivity index (χ0v) is 10.4. The summed E-state index contributed by atoms with van der Waals surface area (Å²) in [5, 5.41) is 11.9. The summed E-state index contributed by atoms with van der Waals surface area (Å²) >= 11 is 0. The number of nitrogens with zero attached hydrogens (tertiary/aromatic N) is 4. The molecular formula is C12H15N5O. The third kappa shape index (κ3) is 1.70. The number of benzene rings is 1. The third-order valence-electron chi connectivity index (χ3n) is 3.37. The lowest BCUT2D eigenvalue weighted by Gasteiger charge is -2.07. The second-order valence-electron chi connectivity index (χ2n) is 4.68. The Bertz CT molecular complexity index is 580. The molecule has 1 fully saturated rings. The van der Waals surface area contributed by atoms with Crippen LogP contribution < -0.4 is 10.5 Å². The fourth-order valence-corrected chi connectivity index (χ4v) is 2.10. The van der Waals surface area contributed by atoms with Crippen molar-refractivity contribution in [3.63, 3.8) is 0 Å². The second-order valence-corrected chi connectivity index (χ2v) is 4.68. The van der Waals surface area contributed by atoms with Gasteiger partial charge in [-0.1, -0.05) is 6.92 Å². The zero-order valence-electron chi connectivity index (χ0n) is 10.4. The lowest BCUT2D eigenvalue weighted by atomic mass is 10.2. The molecule has 0 aliphatic heterocycles. The summed E-state index contributed by atoms with van der Waals surface area (Å²) in [7, 11) is 1.60. The molecule has 1 saturated carbocycles.